The fourth-order valence-corrected chi connectivity index (χ4v) is 7.96. The van der Waals surface area contributed by atoms with Gasteiger partial charge < -0.3 is 20.3 Å². The SMILES string of the molecule is CCCCCCCC/C=C/CCCCCCCCCC(=O)OC(CCCCCCCCCCCCCC)CC(=O)NC(CO)C(O)CCCCCCCCCCC. The van der Waals surface area contributed by atoms with E-state index >= 15 is 0 Å². The fraction of sp³-hybridized carbons (Fsp3) is 0.922. The van der Waals surface area contributed by atoms with Crippen LogP contribution in [0, 0.1) is 0 Å². The lowest BCUT2D eigenvalue weighted by Gasteiger charge is -2.24. The molecule has 0 saturated carbocycles. The zero-order chi connectivity index (χ0) is 41.7. The molecule has 57 heavy (non-hydrogen) atoms. The number of aliphatic hydroxyl groups excluding tert-OH is 2. The number of aliphatic hydroxyl groups is 2. The van der Waals surface area contributed by atoms with Crippen LogP contribution in [0.1, 0.15) is 278 Å². The quantitative estimate of drug-likeness (QED) is 0.0323. The number of hydrogen-bond acceptors (Lipinski definition) is 5. The highest BCUT2D eigenvalue weighted by atomic mass is 16.5. The molecule has 3 atom stereocenters. The third-order valence-electron chi connectivity index (χ3n) is 11.8. The van der Waals surface area contributed by atoms with Crippen LogP contribution in [0.15, 0.2) is 12.2 Å². The zero-order valence-corrected chi connectivity index (χ0v) is 38.5. The molecule has 0 aliphatic heterocycles. The van der Waals surface area contributed by atoms with Gasteiger partial charge in [0.1, 0.15) is 6.10 Å². The van der Waals surface area contributed by atoms with Gasteiger partial charge in [-0.15, -0.1) is 0 Å². The lowest BCUT2D eigenvalue weighted by Crippen LogP contribution is -2.46. The summed E-state index contributed by atoms with van der Waals surface area (Å²) >= 11 is 0. The third kappa shape index (κ3) is 41.1. The van der Waals surface area contributed by atoms with Crippen molar-refractivity contribution in [3.63, 3.8) is 0 Å². The molecule has 1 amide bonds. The van der Waals surface area contributed by atoms with Crippen molar-refractivity contribution in [1.82, 2.24) is 5.32 Å². The number of amides is 1. The molecule has 0 fully saturated rings. The molecule has 3 N–H and O–H groups in total. The van der Waals surface area contributed by atoms with Crippen molar-refractivity contribution in [2.75, 3.05) is 6.61 Å². The van der Waals surface area contributed by atoms with Gasteiger partial charge in [-0.05, 0) is 51.4 Å². The lowest BCUT2D eigenvalue weighted by atomic mass is 10.0. The topological polar surface area (TPSA) is 95.9 Å². The normalized spacial score (nSPS) is 13.3. The maximum atomic E-state index is 13.1. The number of rotatable bonds is 46. The zero-order valence-electron chi connectivity index (χ0n) is 38.5. The standard InChI is InChI=1S/C51H99NO5/c1-4-7-10-13-16-19-21-23-24-25-26-27-29-32-35-38-41-44-51(56)57-47(42-39-36-33-31-28-22-20-17-14-11-8-5-2)45-50(55)52-48(46-53)49(54)43-40-37-34-30-18-15-12-9-6-3/h23-24,47-49,53-54H,4-22,25-46H2,1-3H3,(H,52,55)/b24-23+. The predicted molar refractivity (Wildman–Crippen MR) is 246 cm³/mol. The minimum Gasteiger partial charge on any atom is -0.462 e. The molecule has 0 heterocycles. The van der Waals surface area contributed by atoms with Crippen LogP contribution >= 0.6 is 0 Å². The predicted octanol–water partition coefficient (Wildman–Crippen LogP) is 15.0. The molecule has 6 heteroatoms. The van der Waals surface area contributed by atoms with E-state index in [4.69, 9.17) is 4.74 Å². The summed E-state index contributed by atoms with van der Waals surface area (Å²) in [5.74, 6) is -0.464. The van der Waals surface area contributed by atoms with Crippen molar-refractivity contribution in [2.45, 2.75) is 296 Å². The highest BCUT2D eigenvalue weighted by molar-refractivity contribution is 5.77. The number of carbonyl (C=O) groups is 2. The molecule has 0 aromatic carbocycles. The van der Waals surface area contributed by atoms with E-state index in [1.54, 1.807) is 0 Å². The summed E-state index contributed by atoms with van der Waals surface area (Å²) in [5, 5.41) is 23.6. The highest BCUT2D eigenvalue weighted by Gasteiger charge is 2.24. The summed E-state index contributed by atoms with van der Waals surface area (Å²) in [5.41, 5.74) is 0. The van der Waals surface area contributed by atoms with Crippen LogP contribution in [0.4, 0.5) is 0 Å². The maximum Gasteiger partial charge on any atom is 0.306 e. The van der Waals surface area contributed by atoms with Gasteiger partial charge in [0.15, 0.2) is 0 Å². The molecular weight excluding hydrogens is 707 g/mol. The first-order valence-electron chi connectivity index (χ1n) is 25.4. The molecule has 0 aliphatic rings. The number of ether oxygens (including phenoxy) is 1. The van der Waals surface area contributed by atoms with Gasteiger partial charge in [-0.3, -0.25) is 9.59 Å². The Hall–Kier alpha value is -1.40. The van der Waals surface area contributed by atoms with E-state index in [1.165, 1.54) is 186 Å². The Bertz CT molecular complexity index is 863. The molecule has 0 rings (SSSR count). The summed E-state index contributed by atoms with van der Waals surface area (Å²) < 4.78 is 5.93. The Morgan fingerprint density at radius 3 is 1.25 bits per heavy atom. The van der Waals surface area contributed by atoms with Crippen molar-refractivity contribution in [1.29, 1.82) is 0 Å². The largest absolute Gasteiger partial charge is 0.462 e. The van der Waals surface area contributed by atoms with Crippen LogP contribution in [0.3, 0.4) is 0 Å². The van der Waals surface area contributed by atoms with Crippen LogP contribution in [-0.2, 0) is 14.3 Å². The summed E-state index contributed by atoms with van der Waals surface area (Å²) in [6.07, 6.45) is 49.9. The monoisotopic (exact) mass is 806 g/mol. The Labute approximate surface area is 355 Å². The smallest absolute Gasteiger partial charge is 0.306 e. The van der Waals surface area contributed by atoms with Crippen molar-refractivity contribution in [3.05, 3.63) is 12.2 Å². The second-order valence-electron chi connectivity index (χ2n) is 17.6. The number of nitrogens with one attached hydrogen (secondary N) is 1. The van der Waals surface area contributed by atoms with E-state index < -0.39 is 18.2 Å². The Morgan fingerprint density at radius 2 is 0.842 bits per heavy atom. The Kier molecular flexibility index (Phi) is 44.6. The van der Waals surface area contributed by atoms with E-state index in [0.717, 1.165) is 44.9 Å². The number of hydrogen-bond donors (Lipinski definition) is 3. The number of allylic oxidation sites excluding steroid dienone is 2. The summed E-state index contributed by atoms with van der Waals surface area (Å²) in [4.78, 5) is 26.1. The van der Waals surface area contributed by atoms with Crippen molar-refractivity contribution in [2.24, 2.45) is 0 Å². The molecule has 0 spiro atoms. The number of unbranched alkanes of at least 4 members (excludes halogenated alkanes) is 32. The molecular formula is C51H99NO5. The van der Waals surface area contributed by atoms with Gasteiger partial charge in [-0.2, -0.15) is 0 Å². The average Bonchev–Trinajstić information content (AvgIpc) is 3.20. The fourth-order valence-electron chi connectivity index (χ4n) is 7.96. The summed E-state index contributed by atoms with van der Waals surface area (Å²) in [6, 6.07) is -0.694. The van der Waals surface area contributed by atoms with Crippen LogP contribution in [0.25, 0.3) is 0 Å². The van der Waals surface area contributed by atoms with E-state index in [2.05, 4.69) is 38.2 Å². The first kappa shape index (κ1) is 55.6. The molecule has 0 bridgehead atoms. The van der Waals surface area contributed by atoms with Gasteiger partial charge >= 0.3 is 5.97 Å². The van der Waals surface area contributed by atoms with Crippen molar-refractivity contribution in [3.8, 4) is 0 Å². The average molecular weight is 806 g/mol. The van der Waals surface area contributed by atoms with Gasteiger partial charge in [0.2, 0.25) is 5.91 Å². The maximum absolute atomic E-state index is 13.1. The molecule has 0 saturated heterocycles. The molecule has 6 nitrogen and oxygen atoms in total. The Balaban J connectivity index is 4.49. The molecule has 0 radical (unpaired) electrons. The number of esters is 1. The van der Waals surface area contributed by atoms with E-state index in [1.807, 2.05) is 0 Å². The van der Waals surface area contributed by atoms with Crippen molar-refractivity contribution < 1.29 is 24.5 Å². The molecule has 338 valence electrons. The van der Waals surface area contributed by atoms with Gasteiger partial charge in [0, 0.05) is 6.42 Å². The summed E-state index contributed by atoms with van der Waals surface area (Å²) in [6.45, 7) is 6.47. The van der Waals surface area contributed by atoms with E-state index in [9.17, 15) is 19.8 Å². The molecule has 0 aliphatic carbocycles. The van der Waals surface area contributed by atoms with Gasteiger partial charge in [0.05, 0.1) is 25.2 Å². The van der Waals surface area contributed by atoms with Crippen LogP contribution in [-0.4, -0.2) is 46.9 Å². The third-order valence-corrected chi connectivity index (χ3v) is 11.8. The van der Waals surface area contributed by atoms with E-state index in [-0.39, 0.29) is 24.9 Å². The highest BCUT2D eigenvalue weighted by Crippen LogP contribution is 2.18. The van der Waals surface area contributed by atoms with Crippen molar-refractivity contribution >= 4 is 11.9 Å². The van der Waals surface area contributed by atoms with Crippen LogP contribution in [0.5, 0.6) is 0 Å². The minimum atomic E-state index is -0.780. The molecule has 0 aromatic rings. The van der Waals surface area contributed by atoms with Crippen LogP contribution in [0.2, 0.25) is 0 Å². The molecule has 3 unspecified atom stereocenters. The minimum absolute atomic E-state index is 0.0826. The first-order valence-corrected chi connectivity index (χ1v) is 25.4. The number of carbonyl (C=O) groups excluding carboxylic acids is 2. The van der Waals surface area contributed by atoms with Crippen LogP contribution < -0.4 is 5.32 Å². The Morgan fingerprint density at radius 1 is 0.491 bits per heavy atom. The second-order valence-corrected chi connectivity index (χ2v) is 17.6. The second kappa shape index (κ2) is 45.7. The van der Waals surface area contributed by atoms with Gasteiger partial charge in [0.25, 0.3) is 0 Å². The first-order chi connectivity index (χ1) is 28.0. The summed E-state index contributed by atoms with van der Waals surface area (Å²) in [7, 11) is 0. The molecule has 0 aromatic heterocycles. The van der Waals surface area contributed by atoms with Gasteiger partial charge in [-0.1, -0.05) is 226 Å². The lowest BCUT2D eigenvalue weighted by molar-refractivity contribution is -0.151. The van der Waals surface area contributed by atoms with Gasteiger partial charge in [-0.25, -0.2) is 0 Å². The van der Waals surface area contributed by atoms with E-state index in [0.29, 0.717) is 19.3 Å².